The lowest BCUT2D eigenvalue weighted by molar-refractivity contribution is 0.646. The third-order valence-corrected chi connectivity index (χ3v) is 3.97. The molecule has 1 saturated carbocycles. The van der Waals surface area contributed by atoms with E-state index in [9.17, 15) is 0 Å². The predicted octanol–water partition coefficient (Wildman–Crippen LogP) is 3.29. The molecule has 0 spiro atoms. The molecule has 0 aromatic heterocycles. The molecule has 0 bridgehead atoms. The third-order valence-electron chi connectivity index (χ3n) is 3.97. The minimum absolute atomic E-state index is 0.920. The van der Waals surface area contributed by atoms with Gasteiger partial charge in [-0.15, -0.1) is 0 Å². The maximum absolute atomic E-state index is 2.41. The Bertz CT molecular complexity index is 351. The fourth-order valence-electron chi connectivity index (χ4n) is 3.08. The first-order chi connectivity index (χ1) is 6.27. The molecule has 0 nitrogen and oxygen atoms in total. The standard InChI is InChI=1S/C13H16/c1-8-3-4-10-5-6-11-9(2)13(11)12(10)7-8/h3-4,7,9,11,13H,5-6H2,1-2H3. The molecule has 1 aromatic rings. The molecule has 0 aliphatic heterocycles. The third kappa shape index (κ3) is 0.979. The highest BCUT2D eigenvalue weighted by molar-refractivity contribution is 5.41. The van der Waals surface area contributed by atoms with Crippen molar-refractivity contribution in [2.24, 2.45) is 11.8 Å². The highest BCUT2D eigenvalue weighted by Gasteiger charge is 2.49. The van der Waals surface area contributed by atoms with E-state index in [4.69, 9.17) is 0 Å². The van der Waals surface area contributed by atoms with Crippen LogP contribution >= 0.6 is 0 Å². The van der Waals surface area contributed by atoms with Gasteiger partial charge in [0.2, 0.25) is 0 Å². The largest absolute Gasteiger partial charge is 0.0616 e. The molecule has 3 rings (SSSR count). The van der Waals surface area contributed by atoms with Gasteiger partial charge in [-0.05, 0) is 48.6 Å². The van der Waals surface area contributed by atoms with Crippen molar-refractivity contribution in [2.45, 2.75) is 32.6 Å². The number of hydrogen-bond donors (Lipinski definition) is 0. The highest BCUT2D eigenvalue weighted by atomic mass is 14.5. The molecule has 3 unspecified atom stereocenters. The van der Waals surface area contributed by atoms with Crippen molar-refractivity contribution in [2.75, 3.05) is 0 Å². The van der Waals surface area contributed by atoms with Gasteiger partial charge in [-0.2, -0.15) is 0 Å². The molecule has 0 heterocycles. The number of aryl methyl sites for hydroxylation is 2. The van der Waals surface area contributed by atoms with Gasteiger partial charge in [-0.3, -0.25) is 0 Å². The fraction of sp³-hybridized carbons (Fsp3) is 0.538. The highest BCUT2D eigenvalue weighted by Crippen LogP contribution is 2.59. The van der Waals surface area contributed by atoms with Gasteiger partial charge in [-0.25, -0.2) is 0 Å². The lowest BCUT2D eigenvalue weighted by atomic mass is 9.90. The topological polar surface area (TPSA) is 0 Å². The van der Waals surface area contributed by atoms with Crippen molar-refractivity contribution >= 4 is 0 Å². The van der Waals surface area contributed by atoms with Crippen LogP contribution in [0.3, 0.4) is 0 Å². The quantitative estimate of drug-likeness (QED) is 0.563. The van der Waals surface area contributed by atoms with Crippen LogP contribution in [0.25, 0.3) is 0 Å². The summed E-state index contributed by atoms with van der Waals surface area (Å²) in [6, 6.07) is 7.01. The summed E-state index contributed by atoms with van der Waals surface area (Å²) in [5, 5.41) is 0. The zero-order chi connectivity index (χ0) is 9.00. The SMILES string of the molecule is Cc1ccc2c(c1)C1C(C)C1CC2. The minimum Gasteiger partial charge on any atom is -0.0616 e. The summed E-state index contributed by atoms with van der Waals surface area (Å²) >= 11 is 0. The first-order valence-corrected chi connectivity index (χ1v) is 5.37. The van der Waals surface area contributed by atoms with Crippen LogP contribution in [0, 0.1) is 18.8 Å². The van der Waals surface area contributed by atoms with Crippen molar-refractivity contribution in [3.8, 4) is 0 Å². The molecule has 2 aliphatic carbocycles. The van der Waals surface area contributed by atoms with E-state index in [0.29, 0.717) is 0 Å². The van der Waals surface area contributed by atoms with Gasteiger partial charge in [0, 0.05) is 0 Å². The smallest absolute Gasteiger partial charge is 0.00993 e. The molecule has 68 valence electrons. The molecule has 0 saturated heterocycles. The van der Waals surface area contributed by atoms with E-state index in [1.54, 1.807) is 11.1 Å². The summed E-state index contributed by atoms with van der Waals surface area (Å²) in [4.78, 5) is 0. The van der Waals surface area contributed by atoms with Crippen LogP contribution in [-0.4, -0.2) is 0 Å². The zero-order valence-electron chi connectivity index (χ0n) is 8.38. The van der Waals surface area contributed by atoms with Crippen molar-refractivity contribution in [3.63, 3.8) is 0 Å². The lowest BCUT2D eigenvalue weighted by Crippen LogP contribution is -2.01. The maximum atomic E-state index is 2.41. The lowest BCUT2D eigenvalue weighted by Gasteiger charge is -2.14. The average Bonchev–Trinajstić information content (AvgIpc) is 2.78. The molecule has 0 N–H and O–H groups in total. The minimum atomic E-state index is 0.920. The molecule has 2 aliphatic rings. The Balaban J connectivity index is 2.10. The Hall–Kier alpha value is -0.780. The van der Waals surface area contributed by atoms with Crippen LogP contribution in [0.5, 0.6) is 0 Å². The second-order valence-electron chi connectivity index (χ2n) is 4.79. The monoisotopic (exact) mass is 172 g/mol. The van der Waals surface area contributed by atoms with E-state index in [1.807, 2.05) is 0 Å². The van der Waals surface area contributed by atoms with E-state index in [0.717, 1.165) is 17.8 Å². The second-order valence-corrected chi connectivity index (χ2v) is 4.79. The number of hydrogen-bond acceptors (Lipinski definition) is 0. The van der Waals surface area contributed by atoms with Gasteiger partial charge in [0.15, 0.2) is 0 Å². The molecular formula is C13H16. The number of fused-ring (bicyclic) bond motifs is 3. The van der Waals surface area contributed by atoms with Crippen LogP contribution in [0.4, 0.5) is 0 Å². The maximum Gasteiger partial charge on any atom is -0.00993 e. The molecule has 3 atom stereocenters. The average molecular weight is 172 g/mol. The van der Waals surface area contributed by atoms with Crippen molar-refractivity contribution in [1.29, 1.82) is 0 Å². The number of benzene rings is 1. The Morgan fingerprint density at radius 2 is 2.15 bits per heavy atom. The predicted molar refractivity (Wildman–Crippen MR) is 54.9 cm³/mol. The molecule has 0 amide bonds. The van der Waals surface area contributed by atoms with Gasteiger partial charge in [0.25, 0.3) is 0 Å². The summed E-state index contributed by atoms with van der Waals surface area (Å²) in [5.74, 6) is 2.90. The van der Waals surface area contributed by atoms with Crippen LogP contribution in [0.15, 0.2) is 18.2 Å². The van der Waals surface area contributed by atoms with E-state index < -0.39 is 0 Å². The molecule has 0 heteroatoms. The van der Waals surface area contributed by atoms with Crippen molar-refractivity contribution in [1.82, 2.24) is 0 Å². The Morgan fingerprint density at radius 1 is 1.31 bits per heavy atom. The van der Waals surface area contributed by atoms with Gasteiger partial charge in [0.05, 0.1) is 0 Å². The van der Waals surface area contributed by atoms with Gasteiger partial charge in [0.1, 0.15) is 0 Å². The second kappa shape index (κ2) is 2.37. The van der Waals surface area contributed by atoms with Crippen LogP contribution < -0.4 is 0 Å². The summed E-state index contributed by atoms with van der Waals surface area (Å²) in [5.41, 5.74) is 4.72. The Morgan fingerprint density at radius 3 is 3.00 bits per heavy atom. The molecule has 1 fully saturated rings. The van der Waals surface area contributed by atoms with E-state index in [-0.39, 0.29) is 0 Å². The molecule has 1 aromatic carbocycles. The summed E-state index contributed by atoms with van der Waals surface area (Å²) in [7, 11) is 0. The Kier molecular flexibility index (Phi) is 1.39. The molecule has 0 radical (unpaired) electrons. The van der Waals surface area contributed by atoms with Crippen LogP contribution in [0.2, 0.25) is 0 Å². The van der Waals surface area contributed by atoms with Crippen LogP contribution in [-0.2, 0) is 6.42 Å². The summed E-state index contributed by atoms with van der Waals surface area (Å²) in [6.07, 6.45) is 2.75. The van der Waals surface area contributed by atoms with E-state index in [2.05, 4.69) is 32.0 Å². The van der Waals surface area contributed by atoms with E-state index >= 15 is 0 Å². The first kappa shape index (κ1) is 7.61. The van der Waals surface area contributed by atoms with Gasteiger partial charge >= 0.3 is 0 Å². The fourth-order valence-corrected chi connectivity index (χ4v) is 3.08. The zero-order valence-corrected chi connectivity index (χ0v) is 8.38. The summed E-state index contributed by atoms with van der Waals surface area (Å²) < 4.78 is 0. The number of rotatable bonds is 0. The normalized spacial score (nSPS) is 35.1. The van der Waals surface area contributed by atoms with Crippen LogP contribution in [0.1, 0.15) is 36.0 Å². The van der Waals surface area contributed by atoms with E-state index in [1.165, 1.54) is 18.4 Å². The van der Waals surface area contributed by atoms with Gasteiger partial charge in [-0.1, -0.05) is 30.7 Å². The Labute approximate surface area is 80.0 Å². The molecule has 13 heavy (non-hydrogen) atoms. The van der Waals surface area contributed by atoms with Crippen molar-refractivity contribution < 1.29 is 0 Å². The first-order valence-electron chi connectivity index (χ1n) is 5.37. The summed E-state index contributed by atoms with van der Waals surface area (Å²) in [6.45, 7) is 4.61. The van der Waals surface area contributed by atoms with Gasteiger partial charge < -0.3 is 0 Å². The molecular weight excluding hydrogens is 156 g/mol. The van der Waals surface area contributed by atoms with Crippen molar-refractivity contribution in [3.05, 3.63) is 34.9 Å².